The van der Waals surface area contributed by atoms with Crippen LogP contribution in [0.4, 0.5) is 4.79 Å². The van der Waals surface area contributed by atoms with Gasteiger partial charge in [0.15, 0.2) is 0 Å². The number of carbonyl (C=O) groups is 2. The minimum atomic E-state index is -0.355. The largest absolute Gasteiger partial charge is 0.348 e. The van der Waals surface area contributed by atoms with Crippen LogP contribution in [0.5, 0.6) is 0 Å². The van der Waals surface area contributed by atoms with Crippen molar-refractivity contribution >= 4 is 24.3 Å². The maximum atomic E-state index is 12.3. The second-order valence-corrected chi connectivity index (χ2v) is 7.04. The maximum Gasteiger partial charge on any atom is 0.318 e. The SMILES string of the molecule is CC(CN)(NC(=O)CNC(=O)N1CCc2ccccc2C1)C1CC1.Cl. The van der Waals surface area contributed by atoms with Crippen LogP contribution in [0.15, 0.2) is 24.3 Å². The third-order valence-corrected chi connectivity index (χ3v) is 5.15. The molecule has 0 aromatic heterocycles. The first-order chi connectivity index (χ1) is 11.5. The Morgan fingerprint density at radius 3 is 2.60 bits per heavy atom. The molecule has 3 amide bonds. The third-order valence-electron chi connectivity index (χ3n) is 5.15. The molecule has 138 valence electrons. The highest BCUT2D eigenvalue weighted by molar-refractivity contribution is 5.85. The molecule has 1 atom stereocenters. The summed E-state index contributed by atoms with van der Waals surface area (Å²) in [6.45, 7) is 3.64. The molecule has 1 aliphatic carbocycles. The Labute approximate surface area is 154 Å². The monoisotopic (exact) mass is 366 g/mol. The Morgan fingerprint density at radius 2 is 1.96 bits per heavy atom. The lowest BCUT2D eigenvalue weighted by Gasteiger charge is -2.31. The van der Waals surface area contributed by atoms with E-state index in [4.69, 9.17) is 5.73 Å². The summed E-state index contributed by atoms with van der Waals surface area (Å²) >= 11 is 0. The smallest absolute Gasteiger partial charge is 0.318 e. The normalized spacial score (nSPS) is 18.4. The van der Waals surface area contributed by atoms with Gasteiger partial charge in [-0.25, -0.2) is 4.79 Å². The molecule has 7 heteroatoms. The number of nitrogens with zero attached hydrogens (tertiary/aromatic N) is 1. The van der Waals surface area contributed by atoms with Gasteiger partial charge in [-0.3, -0.25) is 4.79 Å². The molecule has 3 rings (SSSR count). The maximum absolute atomic E-state index is 12.3. The van der Waals surface area contributed by atoms with Crippen LogP contribution in [0.25, 0.3) is 0 Å². The molecule has 1 aliphatic heterocycles. The molecule has 2 aliphatic rings. The molecule has 0 bridgehead atoms. The lowest BCUT2D eigenvalue weighted by Crippen LogP contribution is -2.56. The van der Waals surface area contributed by atoms with E-state index in [0.717, 1.165) is 19.3 Å². The van der Waals surface area contributed by atoms with E-state index in [1.54, 1.807) is 4.90 Å². The zero-order chi connectivity index (χ0) is 17.2. The van der Waals surface area contributed by atoms with Crippen molar-refractivity contribution < 1.29 is 9.59 Å². The van der Waals surface area contributed by atoms with Crippen molar-refractivity contribution in [2.45, 2.75) is 38.3 Å². The van der Waals surface area contributed by atoms with Crippen LogP contribution < -0.4 is 16.4 Å². The molecule has 1 fully saturated rings. The first kappa shape index (κ1) is 19.5. The zero-order valence-electron chi connectivity index (χ0n) is 14.6. The minimum absolute atomic E-state index is 0. The molecule has 1 heterocycles. The summed E-state index contributed by atoms with van der Waals surface area (Å²) in [6, 6.07) is 7.96. The van der Waals surface area contributed by atoms with Crippen LogP contribution >= 0.6 is 12.4 Å². The van der Waals surface area contributed by atoms with Crippen molar-refractivity contribution in [3.63, 3.8) is 0 Å². The van der Waals surface area contributed by atoms with Gasteiger partial charge in [-0.2, -0.15) is 0 Å². The summed E-state index contributed by atoms with van der Waals surface area (Å²) in [5, 5.41) is 5.70. The molecule has 0 spiro atoms. The van der Waals surface area contributed by atoms with Gasteiger partial charge in [0.25, 0.3) is 0 Å². The first-order valence-electron chi connectivity index (χ1n) is 8.62. The number of amides is 3. The molecule has 4 N–H and O–H groups in total. The highest BCUT2D eigenvalue weighted by Gasteiger charge is 2.41. The van der Waals surface area contributed by atoms with Crippen molar-refractivity contribution in [2.75, 3.05) is 19.6 Å². The van der Waals surface area contributed by atoms with Gasteiger partial charge in [-0.05, 0) is 43.2 Å². The summed E-state index contributed by atoms with van der Waals surface area (Å²) in [7, 11) is 0. The molecule has 1 aromatic rings. The van der Waals surface area contributed by atoms with Gasteiger partial charge in [-0.15, -0.1) is 12.4 Å². The number of nitrogens with two attached hydrogens (primary N) is 1. The van der Waals surface area contributed by atoms with Crippen molar-refractivity contribution in [1.82, 2.24) is 15.5 Å². The highest BCUT2D eigenvalue weighted by atomic mass is 35.5. The van der Waals surface area contributed by atoms with E-state index in [0.29, 0.717) is 25.6 Å². The van der Waals surface area contributed by atoms with Crippen LogP contribution in [0, 0.1) is 5.92 Å². The summed E-state index contributed by atoms with van der Waals surface area (Å²) in [5.41, 5.74) is 7.92. The molecule has 0 saturated heterocycles. The Balaban J connectivity index is 0.00000225. The zero-order valence-corrected chi connectivity index (χ0v) is 15.4. The molecule has 0 radical (unpaired) electrons. The molecule has 6 nitrogen and oxygen atoms in total. The Hall–Kier alpha value is -1.79. The third kappa shape index (κ3) is 4.64. The van der Waals surface area contributed by atoms with Gasteiger partial charge in [-0.1, -0.05) is 24.3 Å². The average Bonchev–Trinajstić information content (AvgIpc) is 3.44. The highest BCUT2D eigenvalue weighted by Crippen LogP contribution is 2.38. The minimum Gasteiger partial charge on any atom is -0.348 e. The predicted molar refractivity (Wildman–Crippen MR) is 99.5 cm³/mol. The number of carbonyl (C=O) groups excluding carboxylic acids is 2. The van der Waals surface area contributed by atoms with Crippen molar-refractivity contribution in [3.05, 3.63) is 35.4 Å². The number of hydrogen-bond donors (Lipinski definition) is 3. The van der Waals surface area contributed by atoms with E-state index >= 15 is 0 Å². The lowest BCUT2D eigenvalue weighted by atomic mass is 9.96. The fourth-order valence-corrected chi connectivity index (χ4v) is 3.34. The van der Waals surface area contributed by atoms with Gasteiger partial charge in [0.1, 0.15) is 0 Å². The van der Waals surface area contributed by atoms with E-state index < -0.39 is 0 Å². The summed E-state index contributed by atoms with van der Waals surface area (Å²) < 4.78 is 0. The first-order valence-corrected chi connectivity index (χ1v) is 8.62. The summed E-state index contributed by atoms with van der Waals surface area (Å²) in [6.07, 6.45) is 3.06. The quantitative estimate of drug-likeness (QED) is 0.736. The van der Waals surface area contributed by atoms with Crippen molar-refractivity contribution in [1.29, 1.82) is 0 Å². The molecule has 1 aromatic carbocycles. The Morgan fingerprint density at radius 1 is 1.28 bits per heavy atom. The van der Waals surface area contributed by atoms with Crippen molar-refractivity contribution in [3.8, 4) is 0 Å². The second kappa shape index (κ2) is 8.06. The number of urea groups is 1. The standard InChI is InChI=1S/C18H26N4O2.ClH/c1-18(12-19,15-6-7-15)21-16(23)10-20-17(24)22-9-8-13-4-2-3-5-14(13)11-22;/h2-5,15H,6-12,19H2,1H3,(H,20,24)(H,21,23);1H. The number of benzene rings is 1. The van der Waals surface area contributed by atoms with Gasteiger partial charge < -0.3 is 21.3 Å². The van der Waals surface area contributed by atoms with Gasteiger partial charge in [0.2, 0.25) is 5.91 Å². The average molecular weight is 367 g/mol. The van der Waals surface area contributed by atoms with Crippen LogP contribution in [-0.2, 0) is 17.8 Å². The number of rotatable bonds is 5. The molecule has 1 unspecified atom stereocenters. The molecular weight excluding hydrogens is 340 g/mol. The number of hydrogen-bond acceptors (Lipinski definition) is 3. The van der Waals surface area contributed by atoms with Gasteiger partial charge >= 0.3 is 6.03 Å². The molecule has 1 saturated carbocycles. The Kier molecular flexibility index (Phi) is 6.30. The van der Waals surface area contributed by atoms with Gasteiger partial charge in [0.05, 0.1) is 12.1 Å². The van der Waals surface area contributed by atoms with Crippen LogP contribution in [0.3, 0.4) is 0 Å². The predicted octanol–water partition coefficient (Wildman–Crippen LogP) is 1.42. The van der Waals surface area contributed by atoms with Crippen molar-refractivity contribution in [2.24, 2.45) is 11.7 Å². The topological polar surface area (TPSA) is 87.5 Å². The van der Waals surface area contributed by atoms with E-state index in [-0.39, 0.29) is 36.4 Å². The van der Waals surface area contributed by atoms with E-state index in [9.17, 15) is 9.59 Å². The van der Waals surface area contributed by atoms with E-state index in [2.05, 4.69) is 16.7 Å². The number of fused-ring (bicyclic) bond motifs is 1. The Bertz CT molecular complexity index is 635. The fraction of sp³-hybridized carbons (Fsp3) is 0.556. The van der Waals surface area contributed by atoms with E-state index in [1.807, 2.05) is 25.1 Å². The number of halogens is 1. The molecule has 25 heavy (non-hydrogen) atoms. The number of nitrogens with one attached hydrogen (secondary N) is 2. The van der Waals surface area contributed by atoms with Crippen LogP contribution in [0.1, 0.15) is 30.9 Å². The van der Waals surface area contributed by atoms with Crippen LogP contribution in [0.2, 0.25) is 0 Å². The van der Waals surface area contributed by atoms with Crippen LogP contribution in [-0.4, -0.2) is 42.0 Å². The fourth-order valence-electron chi connectivity index (χ4n) is 3.34. The van der Waals surface area contributed by atoms with Gasteiger partial charge in [0, 0.05) is 19.6 Å². The summed E-state index contributed by atoms with van der Waals surface area (Å²) in [4.78, 5) is 26.2. The van der Waals surface area contributed by atoms with E-state index in [1.165, 1.54) is 11.1 Å². The second-order valence-electron chi connectivity index (χ2n) is 7.04. The summed E-state index contributed by atoms with van der Waals surface area (Å²) in [5.74, 6) is 0.279. The molecular formula is C18H27ClN4O2. The lowest BCUT2D eigenvalue weighted by molar-refractivity contribution is -0.122.